The molecule has 2 fully saturated rings. The zero-order valence-corrected chi connectivity index (χ0v) is 11.6. The number of hydrogen-bond acceptors (Lipinski definition) is 2. The number of carbonyl (C=O) groups is 1. The Bertz CT molecular complexity index is 352. The van der Waals surface area contributed by atoms with E-state index in [0.29, 0.717) is 5.92 Å². The Morgan fingerprint density at radius 1 is 1.28 bits per heavy atom. The Morgan fingerprint density at radius 3 is 2.50 bits per heavy atom. The van der Waals surface area contributed by atoms with Gasteiger partial charge >= 0.3 is 0 Å². The smallest absolute Gasteiger partial charge is 0.243 e. The lowest BCUT2D eigenvalue weighted by atomic mass is 9.69. The fourth-order valence-corrected chi connectivity index (χ4v) is 3.20. The SMILES string of the molecule is CC(C)C1CCCN(C(=O)C2(C#N)CCC2)CC1. The van der Waals surface area contributed by atoms with Crippen LogP contribution in [0.4, 0.5) is 0 Å². The molecule has 100 valence electrons. The second-order valence-corrected chi connectivity index (χ2v) is 6.27. The van der Waals surface area contributed by atoms with Crippen molar-refractivity contribution in [1.29, 1.82) is 5.26 Å². The molecule has 0 aromatic rings. The summed E-state index contributed by atoms with van der Waals surface area (Å²) < 4.78 is 0. The predicted octanol–water partition coefficient (Wildman–Crippen LogP) is 2.96. The van der Waals surface area contributed by atoms with E-state index >= 15 is 0 Å². The highest BCUT2D eigenvalue weighted by Gasteiger charge is 2.46. The first-order valence-corrected chi connectivity index (χ1v) is 7.30. The average Bonchev–Trinajstić information content (AvgIpc) is 2.53. The van der Waals surface area contributed by atoms with Crippen LogP contribution in [0.3, 0.4) is 0 Å². The Kier molecular flexibility index (Phi) is 3.94. The Balaban J connectivity index is 1.98. The monoisotopic (exact) mass is 248 g/mol. The average molecular weight is 248 g/mol. The van der Waals surface area contributed by atoms with Crippen molar-refractivity contribution in [3.05, 3.63) is 0 Å². The maximum absolute atomic E-state index is 12.5. The van der Waals surface area contributed by atoms with Gasteiger partial charge in [-0.3, -0.25) is 4.79 Å². The molecule has 0 N–H and O–H groups in total. The maximum atomic E-state index is 12.5. The minimum absolute atomic E-state index is 0.112. The third-order valence-electron chi connectivity index (χ3n) is 4.83. The molecule has 1 saturated carbocycles. The molecule has 1 aliphatic carbocycles. The molecular weight excluding hydrogens is 224 g/mol. The second kappa shape index (κ2) is 5.30. The van der Waals surface area contributed by atoms with Crippen molar-refractivity contribution in [2.75, 3.05) is 13.1 Å². The summed E-state index contributed by atoms with van der Waals surface area (Å²) in [6.45, 7) is 6.24. The van der Waals surface area contributed by atoms with Gasteiger partial charge in [-0.05, 0) is 50.4 Å². The van der Waals surface area contributed by atoms with E-state index < -0.39 is 5.41 Å². The van der Waals surface area contributed by atoms with Crippen molar-refractivity contribution in [3.8, 4) is 6.07 Å². The van der Waals surface area contributed by atoms with Gasteiger partial charge in [0.15, 0.2) is 0 Å². The number of amides is 1. The molecule has 0 aromatic heterocycles. The summed E-state index contributed by atoms with van der Waals surface area (Å²) >= 11 is 0. The quantitative estimate of drug-likeness (QED) is 0.754. The van der Waals surface area contributed by atoms with Gasteiger partial charge in [0.25, 0.3) is 0 Å². The van der Waals surface area contributed by atoms with Gasteiger partial charge in [-0.1, -0.05) is 13.8 Å². The van der Waals surface area contributed by atoms with Gasteiger partial charge in [-0.25, -0.2) is 0 Å². The lowest BCUT2D eigenvalue weighted by Gasteiger charge is -2.37. The molecule has 1 atom stereocenters. The van der Waals surface area contributed by atoms with Crippen molar-refractivity contribution < 1.29 is 4.79 Å². The van der Waals surface area contributed by atoms with Gasteiger partial charge in [0.2, 0.25) is 5.91 Å². The summed E-state index contributed by atoms with van der Waals surface area (Å²) in [7, 11) is 0. The Morgan fingerprint density at radius 2 is 2.00 bits per heavy atom. The van der Waals surface area contributed by atoms with Crippen LogP contribution in [0.1, 0.15) is 52.4 Å². The van der Waals surface area contributed by atoms with Crippen LogP contribution < -0.4 is 0 Å². The Hall–Kier alpha value is -1.04. The van der Waals surface area contributed by atoms with Crippen molar-refractivity contribution >= 4 is 5.91 Å². The summed E-state index contributed by atoms with van der Waals surface area (Å²) in [5, 5.41) is 9.25. The minimum Gasteiger partial charge on any atom is -0.341 e. The van der Waals surface area contributed by atoms with Crippen molar-refractivity contribution in [3.63, 3.8) is 0 Å². The summed E-state index contributed by atoms with van der Waals surface area (Å²) in [5.41, 5.74) is -0.655. The highest BCUT2D eigenvalue weighted by atomic mass is 16.2. The lowest BCUT2D eigenvalue weighted by molar-refractivity contribution is -0.142. The van der Waals surface area contributed by atoms with E-state index in [9.17, 15) is 10.1 Å². The van der Waals surface area contributed by atoms with E-state index in [4.69, 9.17) is 0 Å². The number of nitrogens with zero attached hydrogens (tertiary/aromatic N) is 2. The molecule has 0 spiro atoms. The third kappa shape index (κ3) is 2.39. The number of carbonyl (C=O) groups excluding carboxylic acids is 1. The van der Waals surface area contributed by atoms with Crippen LogP contribution in [-0.2, 0) is 4.79 Å². The topological polar surface area (TPSA) is 44.1 Å². The fourth-order valence-electron chi connectivity index (χ4n) is 3.20. The molecule has 3 heteroatoms. The van der Waals surface area contributed by atoms with Crippen LogP contribution in [0.5, 0.6) is 0 Å². The predicted molar refractivity (Wildman–Crippen MR) is 70.7 cm³/mol. The minimum atomic E-state index is -0.655. The molecule has 18 heavy (non-hydrogen) atoms. The van der Waals surface area contributed by atoms with Gasteiger partial charge in [0.1, 0.15) is 5.41 Å². The first-order chi connectivity index (χ1) is 8.59. The van der Waals surface area contributed by atoms with Crippen molar-refractivity contribution in [1.82, 2.24) is 4.90 Å². The van der Waals surface area contributed by atoms with Crippen LogP contribution >= 0.6 is 0 Å². The van der Waals surface area contributed by atoms with Gasteiger partial charge in [-0.2, -0.15) is 5.26 Å². The van der Waals surface area contributed by atoms with Gasteiger partial charge in [0, 0.05) is 13.1 Å². The molecule has 2 aliphatic rings. The highest BCUT2D eigenvalue weighted by Crippen LogP contribution is 2.42. The molecular formula is C15H24N2O. The number of hydrogen-bond donors (Lipinski definition) is 0. The number of nitriles is 1. The number of likely N-dealkylation sites (tertiary alicyclic amines) is 1. The summed E-state index contributed by atoms with van der Waals surface area (Å²) in [6.07, 6.45) is 5.99. The zero-order valence-electron chi connectivity index (χ0n) is 11.6. The second-order valence-electron chi connectivity index (χ2n) is 6.27. The molecule has 0 radical (unpaired) electrons. The van der Waals surface area contributed by atoms with E-state index in [0.717, 1.165) is 51.1 Å². The van der Waals surface area contributed by atoms with Crippen LogP contribution in [0, 0.1) is 28.6 Å². The normalized spacial score (nSPS) is 27.2. The van der Waals surface area contributed by atoms with Gasteiger partial charge in [-0.15, -0.1) is 0 Å². The van der Waals surface area contributed by atoms with Crippen LogP contribution in [0.2, 0.25) is 0 Å². The number of rotatable bonds is 2. The van der Waals surface area contributed by atoms with E-state index in [1.807, 2.05) is 4.90 Å². The largest absolute Gasteiger partial charge is 0.341 e. The molecule has 1 saturated heterocycles. The summed E-state index contributed by atoms with van der Waals surface area (Å²) in [4.78, 5) is 14.4. The van der Waals surface area contributed by atoms with Crippen molar-refractivity contribution in [2.45, 2.75) is 52.4 Å². The molecule has 1 heterocycles. The van der Waals surface area contributed by atoms with Crippen molar-refractivity contribution in [2.24, 2.45) is 17.3 Å². The molecule has 1 amide bonds. The highest BCUT2D eigenvalue weighted by molar-refractivity contribution is 5.86. The lowest BCUT2D eigenvalue weighted by Crippen LogP contribution is -2.47. The van der Waals surface area contributed by atoms with E-state index in [1.165, 1.54) is 6.42 Å². The van der Waals surface area contributed by atoms with Gasteiger partial charge in [0.05, 0.1) is 6.07 Å². The van der Waals surface area contributed by atoms with E-state index in [2.05, 4.69) is 19.9 Å². The molecule has 2 rings (SSSR count). The van der Waals surface area contributed by atoms with Crippen LogP contribution in [-0.4, -0.2) is 23.9 Å². The summed E-state index contributed by atoms with van der Waals surface area (Å²) in [6, 6.07) is 2.28. The van der Waals surface area contributed by atoms with E-state index in [1.54, 1.807) is 0 Å². The van der Waals surface area contributed by atoms with Gasteiger partial charge < -0.3 is 4.90 Å². The molecule has 1 aliphatic heterocycles. The van der Waals surface area contributed by atoms with Crippen LogP contribution in [0.25, 0.3) is 0 Å². The summed E-state index contributed by atoms with van der Waals surface area (Å²) in [5.74, 6) is 1.55. The Labute approximate surface area is 110 Å². The first kappa shape index (κ1) is 13.4. The first-order valence-electron chi connectivity index (χ1n) is 7.30. The van der Waals surface area contributed by atoms with Crippen LogP contribution in [0.15, 0.2) is 0 Å². The zero-order chi connectivity index (χ0) is 13.2. The maximum Gasteiger partial charge on any atom is 0.243 e. The molecule has 0 aromatic carbocycles. The molecule has 1 unspecified atom stereocenters. The standard InChI is InChI=1S/C15H24N2O/c1-12(2)13-5-3-9-17(10-6-13)14(18)15(11-16)7-4-8-15/h12-13H,3-10H2,1-2H3. The molecule has 3 nitrogen and oxygen atoms in total. The molecule has 0 bridgehead atoms. The fraction of sp³-hybridized carbons (Fsp3) is 0.867. The third-order valence-corrected chi connectivity index (χ3v) is 4.83. The van der Waals surface area contributed by atoms with E-state index in [-0.39, 0.29) is 5.91 Å².